The predicted octanol–water partition coefficient (Wildman–Crippen LogP) is 3.94. The van der Waals surface area contributed by atoms with Crippen LogP contribution >= 0.6 is 11.6 Å². The summed E-state index contributed by atoms with van der Waals surface area (Å²) in [6.45, 7) is 7.24. The van der Waals surface area contributed by atoms with Crippen LogP contribution in [0.15, 0.2) is 48.0 Å². The molecule has 4 rings (SSSR count). The zero-order valence-corrected chi connectivity index (χ0v) is 16.8. The maximum absolute atomic E-state index is 6.16. The third kappa shape index (κ3) is 4.13. The van der Waals surface area contributed by atoms with E-state index in [1.807, 2.05) is 24.7 Å². The molecule has 4 atom stereocenters. The summed E-state index contributed by atoms with van der Waals surface area (Å²) in [5.41, 5.74) is 1.32. The Morgan fingerprint density at radius 2 is 2.30 bits per heavy atom. The molecule has 6 heteroatoms. The molecule has 1 aromatic carbocycles. The molecule has 0 spiro atoms. The number of hydrogen-bond donors (Lipinski definition) is 1. The van der Waals surface area contributed by atoms with Gasteiger partial charge in [0.25, 0.3) is 0 Å². The van der Waals surface area contributed by atoms with Gasteiger partial charge >= 0.3 is 0 Å². The van der Waals surface area contributed by atoms with Gasteiger partial charge in [0.1, 0.15) is 0 Å². The molecule has 5 nitrogen and oxygen atoms in total. The Hall–Kier alpha value is -2.01. The Morgan fingerprint density at radius 3 is 3.04 bits per heavy atom. The van der Waals surface area contributed by atoms with Crippen LogP contribution in [0.2, 0.25) is 5.02 Å². The Morgan fingerprint density at radius 1 is 1.41 bits per heavy atom. The fourth-order valence-corrected chi connectivity index (χ4v) is 4.31. The summed E-state index contributed by atoms with van der Waals surface area (Å²) < 4.78 is 2.24. The Balaban J connectivity index is 1.43. The summed E-state index contributed by atoms with van der Waals surface area (Å²) in [6, 6.07) is 9.11. The maximum atomic E-state index is 6.16. The number of nitrogens with one attached hydrogen (secondary N) is 1. The van der Waals surface area contributed by atoms with E-state index in [2.05, 4.69) is 51.9 Å². The van der Waals surface area contributed by atoms with Crippen LogP contribution in [0.4, 0.5) is 0 Å². The normalized spacial score (nSPS) is 28.3. The SMILES string of the molecule is CCN=C(NC1CC1c1cccc(Cl)c1)N1CCC(C)C(n2ccnc2)C1. The molecule has 27 heavy (non-hydrogen) atoms. The van der Waals surface area contributed by atoms with Gasteiger partial charge in [0, 0.05) is 49.0 Å². The van der Waals surface area contributed by atoms with Crippen molar-refractivity contribution in [3.63, 3.8) is 0 Å². The average Bonchev–Trinajstić information content (AvgIpc) is 3.22. The average molecular weight is 386 g/mol. The van der Waals surface area contributed by atoms with Gasteiger partial charge in [-0.05, 0) is 43.4 Å². The van der Waals surface area contributed by atoms with Crippen LogP contribution < -0.4 is 5.32 Å². The number of aliphatic imine (C=N–C) groups is 1. The monoisotopic (exact) mass is 385 g/mol. The first-order chi connectivity index (χ1) is 13.2. The van der Waals surface area contributed by atoms with Crippen LogP contribution in [-0.2, 0) is 0 Å². The summed E-state index contributed by atoms with van der Waals surface area (Å²) in [7, 11) is 0. The Bertz CT molecular complexity index is 788. The molecule has 1 saturated heterocycles. The lowest BCUT2D eigenvalue weighted by Crippen LogP contribution is -2.49. The fourth-order valence-electron chi connectivity index (χ4n) is 4.11. The molecule has 4 unspecified atom stereocenters. The number of hydrogen-bond acceptors (Lipinski definition) is 2. The highest BCUT2D eigenvalue weighted by Crippen LogP contribution is 2.41. The minimum Gasteiger partial charge on any atom is -0.353 e. The molecular weight excluding hydrogens is 358 g/mol. The topological polar surface area (TPSA) is 45.5 Å². The zero-order valence-electron chi connectivity index (χ0n) is 16.1. The van der Waals surface area contributed by atoms with E-state index < -0.39 is 0 Å². The lowest BCUT2D eigenvalue weighted by molar-refractivity contribution is 0.188. The molecule has 144 valence electrons. The summed E-state index contributed by atoms with van der Waals surface area (Å²) in [5.74, 6) is 2.21. The van der Waals surface area contributed by atoms with Crippen molar-refractivity contribution < 1.29 is 0 Å². The molecule has 1 aliphatic heterocycles. The van der Waals surface area contributed by atoms with Crippen LogP contribution in [0.5, 0.6) is 0 Å². The maximum Gasteiger partial charge on any atom is 0.194 e. The summed E-state index contributed by atoms with van der Waals surface area (Å²) in [6.07, 6.45) is 8.17. The van der Waals surface area contributed by atoms with E-state index in [4.69, 9.17) is 16.6 Å². The van der Waals surface area contributed by atoms with Crippen molar-refractivity contribution in [1.82, 2.24) is 19.8 Å². The molecule has 2 aliphatic rings. The van der Waals surface area contributed by atoms with Crippen molar-refractivity contribution in [2.75, 3.05) is 19.6 Å². The largest absolute Gasteiger partial charge is 0.353 e. The first-order valence-electron chi connectivity index (χ1n) is 9.94. The summed E-state index contributed by atoms with van der Waals surface area (Å²) >= 11 is 6.16. The van der Waals surface area contributed by atoms with Gasteiger partial charge in [-0.3, -0.25) is 4.99 Å². The van der Waals surface area contributed by atoms with Crippen LogP contribution in [-0.4, -0.2) is 46.1 Å². The minimum atomic E-state index is 0.438. The highest BCUT2D eigenvalue weighted by Gasteiger charge is 2.40. The molecule has 1 aliphatic carbocycles. The smallest absolute Gasteiger partial charge is 0.194 e. The van der Waals surface area contributed by atoms with Gasteiger partial charge in [-0.2, -0.15) is 0 Å². The first kappa shape index (κ1) is 18.4. The van der Waals surface area contributed by atoms with Gasteiger partial charge < -0.3 is 14.8 Å². The molecule has 2 heterocycles. The van der Waals surface area contributed by atoms with E-state index in [0.29, 0.717) is 23.9 Å². The van der Waals surface area contributed by atoms with Crippen LogP contribution in [0.3, 0.4) is 0 Å². The van der Waals surface area contributed by atoms with E-state index in [0.717, 1.165) is 43.5 Å². The standard InChI is InChI=1S/C21H28ClN5/c1-3-24-21(25-19-12-18(19)16-5-4-6-17(22)11-16)26-9-7-15(2)20(13-26)27-10-8-23-14-27/h4-6,8,10-11,14-15,18-20H,3,7,9,12-13H2,1-2H3,(H,24,25). The van der Waals surface area contributed by atoms with Crippen molar-refractivity contribution in [3.05, 3.63) is 53.6 Å². The molecule has 1 N–H and O–H groups in total. The van der Waals surface area contributed by atoms with E-state index in [1.54, 1.807) is 0 Å². The molecule has 0 amide bonds. The van der Waals surface area contributed by atoms with Gasteiger partial charge in [-0.25, -0.2) is 4.98 Å². The van der Waals surface area contributed by atoms with Crippen molar-refractivity contribution in [2.24, 2.45) is 10.9 Å². The number of aromatic nitrogens is 2. The van der Waals surface area contributed by atoms with Gasteiger partial charge in [0.15, 0.2) is 5.96 Å². The van der Waals surface area contributed by atoms with Crippen molar-refractivity contribution in [2.45, 2.75) is 44.7 Å². The second-order valence-electron chi connectivity index (χ2n) is 7.74. The Kier molecular flexibility index (Phi) is 5.39. The summed E-state index contributed by atoms with van der Waals surface area (Å²) in [4.78, 5) is 11.4. The van der Waals surface area contributed by atoms with E-state index >= 15 is 0 Å². The number of piperidine rings is 1. The van der Waals surface area contributed by atoms with Gasteiger partial charge in [-0.1, -0.05) is 30.7 Å². The van der Waals surface area contributed by atoms with Gasteiger partial charge in [-0.15, -0.1) is 0 Å². The Labute approximate surface area is 166 Å². The van der Waals surface area contributed by atoms with Crippen LogP contribution in [0.25, 0.3) is 0 Å². The number of imidazole rings is 1. The van der Waals surface area contributed by atoms with Crippen LogP contribution in [0.1, 0.15) is 44.2 Å². The third-order valence-corrected chi connectivity index (χ3v) is 6.05. The molecule has 1 saturated carbocycles. The lowest BCUT2D eigenvalue weighted by Gasteiger charge is -2.39. The number of benzene rings is 1. The molecule has 0 bridgehead atoms. The zero-order chi connectivity index (χ0) is 18.8. The van der Waals surface area contributed by atoms with E-state index in [-0.39, 0.29) is 0 Å². The fraction of sp³-hybridized carbons (Fsp3) is 0.524. The molecule has 2 aromatic rings. The second kappa shape index (κ2) is 7.93. The number of rotatable bonds is 4. The predicted molar refractivity (Wildman–Crippen MR) is 110 cm³/mol. The third-order valence-electron chi connectivity index (χ3n) is 5.82. The van der Waals surface area contributed by atoms with E-state index in [1.165, 1.54) is 5.56 Å². The lowest BCUT2D eigenvalue weighted by atomic mass is 9.93. The summed E-state index contributed by atoms with van der Waals surface area (Å²) in [5, 5.41) is 4.53. The highest BCUT2D eigenvalue weighted by molar-refractivity contribution is 6.30. The van der Waals surface area contributed by atoms with Gasteiger partial charge in [0.05, 0.1) is 12.4 Å². The molecular formula is C21H28ClN5. The number of halogens is 1. The van der Waals surface area contributed by atoms with Crippen molar-refractivity contribution in [1.29, 1.82) is 0 Å². The number of nitrogens with zero attached hydrogens (tertiary/aromatic N) is 4. The molecule has 2 fully saturated rings. The van der Waals surface area contributed by atoms with Gasteiger partial charge in [0.2, 0.25) is 0 Å². The molecule has 0 radical (unpaired) electrons. The second-order valence-corrected chi connectivity index (χ2v) is 8.17. The van der Waals surface area contributed by atoms with Crippen molar-refractivity contribution in [3.8, 4) is 0 Å². The minimum absolute atomic E-state index is 0.438. The van der Waals surface area contributed by atoms with Crippen molar-refractivity contribution >= 4 is 17.6 Å². The number of guanidine groups is 1. The number of likely N-dealkylation sites (tertiary alicyclic amines) is 1. The van der Waals surface area contributed by atoms with E-state index in [9.17, 15) is 0 Å². The highest BCUT2D eigenvalue weighted by atomic mass is 35.5. The quantitative estimate of drug-likeness (QED) is 0.640. The molecule has 1 aromatic heterocycles. The van der Waals surface area contributed by atoms with Crippen LogP contribution in [0, 0.1) is 5.92 Å². The first-order valence-corrected chi connectivity index (χ1v) is 10.3.